The molecular weight excluding hydrogens is 340 g/mol. The molecule has 0 spiro atoms. The summed E-state index contributed by atoms with van der Waals surface area (Å²) in [4.78, 5) is 21.7. The number of nitrogens with one attached hydrogen (secondary N) is 2. The third-order valence-corrected chi connectivity index (χ3v) is 3.28. The number of hydrogen-bond acceptors (Lipinski definition) is 3. The molecular formula is C14H19BrN2O4. The summed E-state index contributed by atoms with van der Waals surface area (Å²) in [5.41, 5.74) is 1.08. The van der Waals surface area contributed by atoms with Crippen molar-refractivity contribution < 1.29 is 19.4 Å². The summed E-state index contributed by atoms with van der Waals surface area (Å²) < 4.78 is 6.25. The van der Waals surface area contributed by atoms with E-state index in [2.05, 4.69) is 26.6 Å². The maximum atomic E-state index is 11.4. The van der Waals surface area contributed by atoms with Crippen LogP contribution >= 0.6 is 15.9 Å². The van der Waals surface area contributed by atoms with Gasteiger partial charge < -0.3 is 20.5 Å². The number of aliphatic carboxylic acids is 1. The largest absolute Gasteiger partial charge is 0.496 e. The first-order valence-corrected chi connectivity index (χ1v) is 7.38. The maximum absolute atomic E-state index is 11.4. The fourth-order valence-corrected chi connectivity index (χ4v) is 2.09. The normalized spacial score (nSPS) is 10.0. The molecule has 0 aliphatic rings. The minimum Gasteiger partial charge on any atom is -0.496 e. The second-order valence-electron chi connectivity index (χ2n) is 4.39. The third-order valence-electron chi connectivity index (χ3n) is 2.78. The van der Waals surface area contributed by atoms with E-state index in [1.165, 1.54) is 0 Å². The maximum Gasteiger partial charge on any atom is 0.314 e. The van der Waals surface area contributed by atoms with E-state index in [1.54, 1.807) is 7.11 Å². The van der Waals surface area contributed by atoms with E-state index in [-0.39, 0.29) is 19.0 Å². The number of hydrogen-bond donors (Lipinski definition) is 3. The first-order valence-electron chi connectivity index (χ1n) is 6.59. The molecule has 21 heavy (non-hydrogen) atoms. The fourth-order valence-electron chi connectivity index (χ4n) is 1.75. The first kappa shape index (κ1) is 17.3. The highest BCUT2D eigenvalue weighted by molar-refractivity contribution is 9.10. The summed E-state index contributed by atoms with van der Waals surface area (Å²) in [7, 11) is 1.62. The molecule has 0 atom stereocenters. The van der Waals surface area contributed by atoms with Crippen molar-refractivity contribution in [3.8, 4) is 5.75 Å². The lowest BCUT2D eigenvalue weighted by molar-refractivity contribution is -0.136. The molecule has 0 aromatic heterocycles. The standard InChI is InChI=1S/C14H19BrN2O4/c1-21-12-9-11(15)5-4-10(12)3-2-7-16-14(20)17-8-6-13(18)19/h4-5,9H,2-3,6-8H2,1H3,(H,18,19)(H2,16,17,20). The second kappa shape index (κ2) is 9.23. The summed E-state index contributed by atoms with van der Waals surface area (Å²) in [5.74, 6) is -0.118. The number of carboxylic acids is 1. The van der Waals surface area contributed by atoms with Gasteiger partial charge in [0.25, 0.3) is 0 Å². The van der Waals surface area contributed by atoms with Gasteiger partial charge in [0.05, 0.1) is 13.5 Å². The van der Waals surface area contributed by atoms with Crippen LogP contribution in [0.3, 0.4) is 0 Å². The summed E-state index contributed by atoms with van der Waals surface area (Å²) >= 11 is 3.39. The number of carbonyl (C=O) groups is 2. The number of carbonyl (C=O) groups excluding carboxylic acids is 1. The number of amides is 2. The summed E-state index contributed by atoms with van der Waals surface area (Å²) in [6.45, 7) is 0.639. The van der Waals surface area contributed by atoms with Gasteiger partial charge >= 0.3 is 12.0 Å². The highest BCUT2D eigenvalue weighted by Crippen LogP contribution is 2.24. The lowest BCUT2D eigenvalue weighted by Gasteiger charge is -2.10. The molecule has 6 nitrogen and oxygen atoms in total. The second-order valence-corrected chi connectivity index (χ2v) is 5.30. The molecule has 0 radical (unpaired) electrons. The highest BCUT2D eigenvalue weighted by atomic mass is 79.9. The van der Waals surface area contributed by atoms with E-state index in [1.807, 2.05) is 18.2 Å². The summed E-state index contributed by atoms with van der Waals surface area (Å²) in [6.07, 6.45) is 1.47. The molecule has 116 valence electrons. The van der Waals surface area contributed by atoms with E-state index < -0.39 is 5.97 Å². The molecule has 0 saturated heterocycles. The highest BCUT2D eigenvalue weighted by Gasteiger charge is 2.05. The molecule has 0 aliphatic carbocycles. The summed E-state index contributed by atoms with van der Waals surface area (Å²) in [5, 5.41) is 13.6. The predicted molar refractivity (Wildman–Crippen MR) is 82.7 cm³/mol. The molecule has 0 saturated carbocycles. The van der Waals surface area contributed by atoms with Crippen molar-refractivity contribution in [2.75, 3.05) is 20.2 Å². The number of carboxylic acid groups (broad SMARTS) is 1. The lowest BCUT2D eigenvalue weighted by atomic mass is 10.1. The van der Waals surface area contributed by atoms with Gasteiger partial charge in [0.1, 0.15) is 5.75 Å². The molecule has 0 heterocycles. The van der Waals surface area contributed by atoms with Gasteiger partial charge in [-0.05, 0) is 30.5 Å². The van der Waals surface area contributed by atoms with Crippen molar-refractivity contribution in [2.45, 2.75) is 19.3 Å². The van der Waals surface area contributed by atoms with Crippen LogP contribution < -0.4 is 15.4 Å². The molecule has 7 heteroatoms. The van der Waals surface area contributed by atoms with Crippen LogP contribution in [-0.4, -0.2) is 37.3 Å². The Morgan fingerprint density at radius 2 is 2.00 bits per heavy atom. The number of urea groups is 1. The van der Waals surface area contributed by atoms with Gasteiger partial charge in [0.15, 0.2) is 0 Å². The van der Waals surface area contributed by atoms with Crippen LogP contribution in [0.5, 0.6) is 5.75 Å². The monoisotopic (exact) mass is 358 g/mol. The Balaban J connectivity index is 2.25. The number of rotatable bonds is 8. The van der Waals surface area contributed by atoms with Crippen LogP contribution in [0.2, 0.25) is 0 Å². The van der Waals surface area contributed by atoms with Crippen molar-refractivity contribution in [3.63, 3.8) is 0 Å². The Morgan fingerprint density at radius 3 is 2.67 bits per heavy atom. The van der Waals surface area contributed by atoms with E-state index >= 15 is 0 Å². The minimum atomic E-state index is -0.933. The van der Waals surface area contributed by atoms with Gasteiger partial charge in [-0.2, -0.15) is 0 Å². The SMILES string of the molecule is COc1cc(Br)ccc1CCCNC(=O)NCCC(=O)O. The Kier molecular flexibility index (Phi) is 7.60. The topological polar surface area (TPSA) is 87.7 Å². The molecule has 0 unspecified atom stereocenters. The summed E-state index contributed by atoms with van der Waals surface area (Å²) in [6, 6.07) is 5.49. The van der Waals surface area contributed by atoms with Crippen LogP contribution in [0.15, 0.2) is 22.7 Å². The zero-order chi connectivity index (χ0) is 15.7. The Labute approximate surface area is 132 Å². The van der Waals surface area contributed by atoms with Crippen LogP contribution in [0.4, 0.5) is 4.79 Å². The van der Waals surface area contributed by atoms with Gasteiger partial charge in [0.2, 0.25) is 0 Å². The Hall–Kier alpha value is -1.76. The van der Waals surface area contributed by atoms with Crippen molar-refractivity contribution in [2.24, 2.45) is 0 Å². The molecule has 0 bridgehead atoms. The average molecular weight is 359 g/mol. The fraction of sp³-hybridized carbons (Fsp3) is 0.429. The first-order chi connectivity index (χ1) is 10.0. The van der Waals surface area contributed by atoms with Crippen LogP contribution in [0.25, 0.3) is 0 Å². The van der Waals surface area contributed by atoms with Gasteiger partial charge in [0, 0.05) is 17.6 Å². The van der Waals surface area contributed by atoms with Crippen molar-refractivity contribution in [3.05, 3.63) is 28.2 Å². The van der Waals surface area contributed by atoms with Gasteiger partial charge in [-0.25, -0.2) is 4.79 Å². The molecule has 3 N–H and O–H groups in total. The van der Waals surface area contributed by atoms with Gasteiger partial charge in [-0.15, -0.1) is 0 Å². The molecule has 2 amide bonds. The van der Waals surface area contributed by atoms with E-state index in [0.29, 0.717) is 6.54 Å². The Bertz CT molecular complexity index is 494. The lowest BCUT2D eigenvalue weighted by Crippen LogP contribution is -2.37. The average Bonchev–Trinajstić information content (AvgIpc) is 2.44. The van der Waals surface area contributed by atoms with Crippen molar-refractivity contribution in [1.82, 2.24) is 10.6 Å². The minimum absolute atomic E-state index is 0.0798. The number of ether oxygens (including phenoxy) is 1. The zero-order valence-electron chi connectivity index (χ0n) is 11.8. The number of benzene rings is 1. The van der Waals surface area contributed by atoms with E-state index in [4.69, 9.17) is 9.84 Å². The molecule has 1 aromatic rings. The van der Waals surface area contributed by atoms with Gasteiger partial charge in [-0.1, -0.05) is 22.0 Å². The van der Waals surface area contributed by atoms with Gasteiger partial charge in [-0.3, -0.25) is 4.79 Å². The predicted octanol–water partition coefficient (Wildman–Crippen LogP) is 2.16. The Morgan fingerprint density at radius 1 is 1.29 bits per heavy atom. The smallest absolute Gasteiger partial charge is 0.314 e. The number of halogens is 1. The quantitative estimate of drug-likeness (QED) is 0.621. The van der Waals surface area contributed by atoms with Crippen molar-refractivity contribution >= 4 is 27.9 Å². The molecule has 1 rings (SSSR count). The van der Waals surface area contributed by atoms with Crippen molar-refractivity contribution in [1.29, 1.82) is 0 Å². The van der Waals surface area contributed by atoms with Crippen LogP contribution in [0.1, 0.15) is 18.4 Å². The van der Waals surface area contributed by atoms with E-state index in [0.717, 1.165) is 28.6 Å². The number of methoxy groups -OCH3 is 1. The zero-order valence-corrected chi connectivity index (χ0v) is 13.4. The number of aryl methyl sites for hydroxylation is 1. The molecule has 1 aromatic carbocycles. The van der Waals surface area contributed by atoms with E-state index in [9.17, 15) is 9.59 Å². The third kappa shape index (κ3) is 6.99. The molecule has 0 aliphatic heterocycles. The van der Waals surface area contributed by atoms with Crippen LogP contribution in [-0.2, 0) is 11.2 Å². The molecule has 0 fully saturated rings. The van der Waals surface area contributed by atoms with Crippen LogP contribution in [0, 0.1) is 0 Å².